The topological polar surface area (TPSA) is 54.3 Å². The highest BCUT2D eigenvalue weighted by Crippen LogP contribution is 2.49. The van der Waals surface area contributed by atoms with Crippen molar-refractivity contribution in [2.75, 3.05) is 7.11 Å². The standard InChI is InChI=1S/C23H19BrN2O3/c1-28-16-9-6-14(7-10-16)19-13-20-18-12-15(24)8-11-22(18)29-23(26(20)25-19)17-4-2-3-5-21(17)27/h2-12,20,23,27H,13H2,1H3/t20-,23-/m1/s1. The fourth-order valence-corrected chi connectivity index (χ4v) is 4.30. The van der Waals surface area contributed by atoms with Gasteiger partial charge >= 0.3 is 0 Å². The summed E-state index contributed by atoms with van der Waals surface area (Å²) in [4.78, 5) is 0. The molecule has 0 radical (unpaired) electrons. The van der Waals surface area contributed by atoms with Crippen molar-refractivity contribution in [3.63, 3.8) is 0 Å². The number of phenols is 1. The highest BCUT2D eigenvalue weighted by atomic mass is 79.9. The lowest BCUT2D eigenvalue weighted by atomic mass is 9.96. The average Bonchev–Trinajstić information content (AvgIpc) is 3.20. The van der Waals surface area contributed by atoms with Crippen molar-refractivity contribution in [2.24, 2.45) is 5.10 Å². The van der Waals surface area contributed by atoms with Gasteiger partial charge in [0.15, 0.2) is 0 Å². The first kappa shape index (κ1) is 18.1. The van der Waals surface area contributed by atoms with Gasteiger partial charge in [0.2, 0.25) is 6.23 Å². The molecule has 2 heterocycles. The van der Waals surface area contributed by atoms with Crippen molar-refractivity contribution in [3.05, 3.63) is 87.9 Å². The van der Waals surface area contributed by atoms with E-state index in [1.165, 1.54) is 0 Å². The van der Waals surface area contributed by atoms with Gasteiger partial charge in [0.05, 0.1) is 24.4 Å². The molecule has 3 aromatic carbocycles. The maximum atomic E-state index is 10.4. The molecule has 5 nitrogen and oxygen atoms in total. The van der Waals surface area contributed by atoms with Crippen molar-refractivity contribution in [1.82, 2.24) is 5.01 Å². The van der Waals surface area contributed by atoms with E-state index < -0.39 is 6.23 Å². The van der Waals surface area contributed by atoms with Crippen LogP contribution in [-0.2, 0) is 0 Å². The number of hydrogen-bond donors (Lipinski definition) is 1. The molecule has 0 saturated heterocycles. The first-order valence-corrected chi connectivity index (χ1v) is 10.2. The van der Waals surface area contributed by atoms with Crippen LogP contribution in [0.4, 0.5) is 0 Å². The summed E-state index contributed by atoms with van der Waals surface area (Å²) in [5.74, 6) is 1.83. The summed E-state index contributed by atoms with van der Waals surface area (Å²) < 4.78 is 12.6. The van der Waals surface area contributed by atoms with Crippen LogP contribution in [0.2, 0.25) is 0 Å². The number of ether oxygens (including phenoxy) is 2. The Kier molecular flexibility index (Phi) is 4.43. The Morgan fingerprint density at radius 1 is 1.07 bits per heavy atom. The van der Waals surface area contributed by atoms with E-state index in [9.17, 15) is 5.11 Å². The Morgan fingerprint density at radius 3 is 2.62 bits per heavy atom. The summed E-state index contributed by atoms with van der Waals surface area (Å²) in [6.45, 7) is 0. The molecule has 2 aliphatic rings. The molecule has 0 fully saturated rings. The number of aromatic hydroxyl groups is 1. The maximum absolute atomic E-state index is 10.4. The second-order valence-corrected chi connectivity index (χ2v) is 8.00. The molecule has 2 aliphatic heterocycles. The van der Waals surface area contributed by atoms with E-state index in [0.29, 0.717) is 5.56 Å². The van der Waals surface area contributed by atoms with Crippen LogP contribution in [0.15, 0.2) is 76.3 Å². The summed E-state index contributed by atoms with van der Waals surface area (Å²) in [5, 5.41) is 17.3. The summed E-state index contributed by atoms with van der Waals surface area (Å²) in [5.41, 5.74) is 3.81. The van der Waals surface area contributed by atoms with Crippen LogP contribution in [0, 0.1) is 0 Å². The van der Waals surface area contributed by atoms with Gasteiger partial charge in [-0.25, -0.2) is 5.01 Å². The van der Waals surface area contributed by atoms with Crippen LogP contribution in [0.3, 0.4) is 0 Å². The van der Waals surface area contributed by atoms with E-state index in [1.54, 1.807) is 19.2 Å². The van der Waals surface area contributed by atoms with E-state index in [0.717, 1.165) is 39.2 Å². The molecule has 0 unspecified atom stereocenters. The summed E-state index contributed by atoms with van der Waals surface area (Å²) in [7, 11) is 1.66. The Bertz CT molecular complexity index is 1100. The number of para-hydroxylation sites is 1. The monoisotopic (exact) mass is 450 g/mol. The smallest absolute Gasteiger partial charge is 0.217 e. The fraction of sp³-hybridized carbons (Fsp3) is 0.174. The van der Waals surface area contributed by atoms with Gasteiger partial charge < -0.3 is 14.6 Å². The zero-order valence-corrected chi connectivity index (χ0v) is 17.3. The minimum absolute atomic E-state index is 0.0259. The molecule has 0 bridgehead atoms. The third-order valence-corrected chi connectivity index (χ3v) is 5.87. The number of nitrogens with zero attached hydrogens (tertiary/aromatic N) is 2. The molecule has 6 heteroatoms. The number of rotatable bonds is 3. The Morgan fingerprint density at radius 2 is 1.86 bits per heavy atom. The second-order valence-electron chi connectivity index (χ2n) is 7.09. The van der Waals surface area contributed by atoms with E-state index in [1.807, 2.05) is 53.5 Å². The van der Waals surface area contributed by atoms with Gasteiger partial charge in [-0.3, -0.25) is 0 Å². The highest BCUT2D eigenvalue weighted by molar-refractivity contribution is 9.10. The maximum Gasteiger partial charge on any atom is 0.217 e. The van der Waals surface area contributed by atoms with Crippen molar-refractivity contribution in [3.8, 4) is 17.2 Å². The molecule has 0 aromatic heterocycles. The second kappa shape index (κ2) is 7.12. The SMILES string of the molecule is COc1ccc(C2=NN3[C@H](C2)c2cc(Br)ccc2O[C@@H]3c2ccccc2O)cc1. The molecule has 3 aromatic rings. The minimum atomic E-state index is -0.495. The van der Waals surface area contributed by atoms with Gasteiger partial charge in [0, 0.05) is 16.5 Å². The predicted octanol–water partition coefficient (Wildman–Crippen LogP) is 5.41. The first-order valence-electron chi connectivity index (χ1n) is 9.38. The van der Waals surface area contributed by atoms with E-state index >= 15 is 0 Å². The van der Waals surface area contributed by atoms with Crippen LogP contribution in [0.25, 0.3) is 0 Å². The number of hydrazone groups is 1. The molecule has 0 spiro atoms. The molecule has 0 aliphatic carbocycles. The Balaban J connectivity index is 1.59. The first-order chi connectivity index (χ1) is 14.1. The Labute approximate surface area is 177 Å². The predicted molar refractivity (Wildman–Crippen MR) is 114 cm³/mol. The third-order valence-electron chi connectivity index (χ3n) is 5.38. The lowest BCUT2D eigenvalue weighted by molar-refractivity contribution is -0.0203. The molecule has 5 rings (SSSR count). The molecule has 0 amide bonds. The normalized spacial score (nSPS) is 19.8. The van der Waals surface area contributed by atoms with Crippen LogP contribution >= 0.6 is 15.9 Å². The van der Waals surface area contributed by atoms with Crippen LogP contribution < -0.4 is 9.47 Å². The highest BCUT2D eigenvalue weighted by Gasteiger charge is 2.41. The van der Waals surface area contributed by atoms with Crippen molar-refractivity contribution in [1.29, 1.82) is 0 Å². The summed E-state index contributed by atoms with van der Waals surface area (Å²) >= 11 is 3.57. The fourth-order valence-electron chi connectivity index (χ4n) is 3.92. The van der Waals surface area contributed by atoms with Gasteiger partial charge in [0.1, 0.15) is 17.2 Å². The zero-order chi connectivity index (χ0) is 20.0. The van der Waals surface area contributed by atoms with Gasteiger partial charge in [0.25, 0.3) is 0 Å². The zero-order valence-electron chi connectivity index (χ0n) is 15.7. The van der Waals surface area contributed by atoms with Crippen molar-refractivity contribution < 1.29 is 14.6 Å². The van der Waals surface area contributed by atoms with Crippen molar-refractivity contribution >= 4 is 21.6 Å². The number of halogens is 1. The lowest BCUT2D eigenvalue weighted by Gasteiger charge is -2.38. The minimum Gasteiger partial charge on any atom is -0.507 e. The van der Waals surface area contributed by atoms with Crippen LogP contribution in [0.1, 0.15) is 35.4 Å². The quantitative estimate of drug-likeness (QED) is 0.579. The number of benzene rings is 3. The Hall–Kier alpha value is -2.99. The van der Waals surface area contributed by atoms with Gasteiger partial charge in [-0.15, -0.1) is 0 Å². The van der Waals surface area contributed by atoms with Crippen LogP contribution in [0.5, 0.6) is 17.2 Å². The van der Waals surface area contributed by atoms with Crippen molar-refractivity contribution in [2.45, 2.75) is 18.7 Å². The third kappa shape index (κ3) is 3.13. The molecule has 29 heavy (non-hydrogen) atoms. The molecule has 146 valence electrons. The largest absolute Gasteiger partial charge is 0.507 e. The van der Waals surface area contributed by atoms with Gasteiger partial charge in [-0.2, -0.15) is 5.10 Å². The molecule has 2 atom stereocenters. The number of phenolic OH excluding ortho intramolecular Hbond substituents is 1. The number of fused-ring (bicyclic) bond motifs is 3. The van der Waals surface area contributed by atoms with Gasteiger partial charge in [-0.05, 0) is 60.2 Å². The summed E-state index contributed by atoms with van der Waals surface area (Å²) in [6, 6.07) is 21.2. The van der Waals surface area contributed by atoms with E-state index in [2.05, 4.69) is 22.0 Å². The average molecular weight is 451 g/mol. The summed E-state index contributed by atoms with van der Waals surface area (Å²) in [6.07, 6.45) is 0.258. The molecular weight excluding hydrogens is 432 g/mol. The van der Waals surface area contributed by atoms with E-state index in [4.69, 9.17) is 14.6 Å². The number of hydrogen-bond acceptors (Lipinski definition) is 5. The van der Waals surface area contributed by atoms with Gasteiger partial charge in [-0.1, -0.05) is 28.1 Å². The van der Waals surface area contributed by atoms with Crippen LogP contribution in [-0.4, -0.2) is 22.9 Å². The number of methoxy groups -OCH3 is 1. The molecule has 1 N–H and O–H groups in total. The molecular formula is C23H19BrN2O3. The molecule has 0 saturated carbocycles. The van der Waals surface area contributed by atoms with E-state index in [-0.39, 0.29) is 11.8 Å². The lowest BCUT2D eigenvalue weighted by Crippen LogP contribution is -2.33.